The molecule has 0 bridgehead atoms. The average Bonchev–Trinajstić information content (AvgIpc) is 2.65. The Kier molecular flexibility index (Phi) is 1.52. The third-order valence-corrected chi connectivity index (χ3v) is 3.60. The van der Waals surface area contributed by atoms with Gasteiger partial charge in [-0.2, -0.15) is 0 Å². The average molecular weight is 155 g/mol. The monoisotopic (exact) mass is 155 g/mol. The molecule has 0 aromatic heterocycles. The Morgan fingerprint density at radius 2 is 2.00 bits per heavy atom. The molecule has 64 valence electrons. The van der Waals surface area contributed by atoms with E-state index in [2.05, 4.69) is 6.92 Å². The Morgan fingerprint density at radius 1 is 1.36 bits per heavy atom. The van der Waals surface area contributed by atoms with Crippen LogP contribution in [0, 0.1) is 10.8 Å². The van der Waals surface area contributed by atoms with Crippen molar-refractivity contribution in [1.82, 2.24) is 0 Å². The normalized spacial score (nSPS) is 31.1. The third kappa shape index (κ3) is 0.926. The van der Waals surface area contributed by atoms with Crippen molar-refractivity contribution in [1.29, 1.82) is 0 Å². The van der Waals surface area contributed by atoms with E-state index in [1.807, 2.05) is 0 Å². The van der Waals surface area contributed by atoms with Gasteiger partial charge in [0.25, 0.3) is 0 Å². The van der Waals surface area contributed by atoms with Crippen molar-refractivity contribution in [2.45, 2.75) is 26.2 Å². The molecule has 1 aliphatic heterocycles. The third-order valence-electron chi connectivity index (χ3n) is 3.60. The molecule has 1 heterocycles. The van der Waals surface area contributed by atoms with E-state index >= 15 is 0 Å². The molecule has 11 heavy (non-hydrogen) atoms. The predicted molar refractivity (Wildman–Crippen MR) is 44.3 cm³/mol. The van der Waals surface area contributed by atoms with Crippen molar-refractivity contribution in [2.24, 2.45) is 16.6 Å². The van der Waals surface area contributed by atoms with Gasteiger partial charge < -0.3 is 10.5 Å². The first-order valence-electron chi connectivity index (χ1n) is 4.50. The van der Waals surface area contributed by atoms with Crippen molar-refractivity contribution < 1.29 is 4.74 Å². The Morgan fingerprint density at radius 3 is 2.27 bits per heavy atom. The molecule has 1 aliphatic carbocycles. The molecule has 0 spiro atoms. The molecule has 2 aliphatic rings. The summed E-state index contributed by atoms with van der Waals surface area (Å²) in [5, 5.41) is 0. The van der Waals surface area contributed by atoms with E-state index in [-0.39, 0.29) is 0 Å². The molecule has 0 radical (unpaired) electrons. The largest absolute Gasteiger partial charge is 0.380 e. The summed E-state index contributed by atoms with van der Waals surface area (Å²) in [4.78, 5) is 0. The second kappa shape index (κ2) is 2.20. The first kappa shape index (κ1) is 7.56. The van der Waals surface area contributed by atoms with E-state index in [1.54, 1.807) is 0 Å². The van der Waals surface area contributed by atoms with Gasteiger partial charge in [0, 0.05) is 5.41 Å². The van der Waals surface area contributed by atoms with E-state index < -0.39 is 0 Å². The van der Waals surface area contributed by atoms with Gasteiger partial charge >= 0.3 is 0 Å². The lowest BCUT2D eigenvalue weighted by atomic mass is 9.71. The quantitative estimate of drug-likeness (QED) is 0.663. The van der Waals surface area contributed by atoms with E-state index in [4.69, 9.17) is 10.5 Å². The molecule has 0 atom stereocenters. The highest BCUT2D eigenvalue weighted by molar-refractivity contribution is 5.07. The minimum Gasteiger partial charge on any atom is -0.380 e. The highest BCUT2D eigenvalue weighted by Gasteiger charge is 2.59. The van der Waals surface area contributed by atoms with Gasteiger partial charge in [-0.1, -0.05) is 6.92 Å². The van der Waals surface area contributed by atoms with Crippen molar-refractivity contribution in [2.75, 3.05) is 19.8 Å². The van der Waals surface area contributed by atoms with Crippen LogP contribution in [0.2, 0.25) is 0 Å². The lowest BCUT2D eigenvalue weighted by Crippen LogP contribution is -2.47. The predicted octanol–water partition coefficient (Wildman–Crippen LogP) is 1.15. The maximum atomic E-state index is 5.59. The summed E-state index contributed by atoms with van der Waals surface area (Å²) in [6, 6.07) is 0. The maximum Gasteiger partial charge on any atom is 0.0547 e. The summed E-state index contributed by atoms with van der Waals surface area (Å²) >= 11 is 0. The molecule has 0 aromatic rings. The molecule has 0 amide bonds. The van der Waals surface area contributed by atoms with E-state index in [0.717, 1.165) is 19.8 Å². The molecule has 0 unspecified atom stereocenters. The molecule has 0 aromatic carbocycles. The van der Waals surface area contributed by atoms with Crippen LogP contribution in [0.4, 0.5) is 0 Å². The minimum atomic E-state index is 0.479. The highest BCUT2D eigenvalue weighted by Crippen LogP contribution is 2.63. The standard InChI is InChI=1S/C9H17NO/c1-8(6-11-7-8)9(2-3-9)4-5-10/h2-7,10H2,1H3. The molecule has 2 fully saturated rings. The molecule has 2 heteroatoms. The molecular formula is C9H17NO. The van der Waals surface area contributed by atoms with Crippen LogP contribution in [-0.2, 0) is 4.74 Å². The Hall–Kier alpha value is -0.0800. The lowest BCUT2D eigenvalue weighted by molar-refractivity contribution is -0.144. The zero-order chi connectivity index (χ0) is 7.95. The van der Waals surface area contributed by atoms with E-state index in [9.17, 15) is 0 Å². The topological polar surface area (TPSA) is 35.2 Å². The van der Waals surface area contributed by atoms with Crippen molar-refractivity contribution in [3.8, 4) is 0 Å². The second-order valence-corrected chi connectivity index (χ2v) is 4.37. The van der Waals surface area contributed by atoms with Crippen LogP contribution in [0.1, 0.15) is 26.2 Å². The van der Waals surface area contributed by atoms with Crippen molar-refractivity contribution >= 4 is 0 Å². The van der Waals surface area contributed by atoms with Crippen LogP contribution in [0.3, 0.4) is 0 Å². The highest BCUT2D eigenvalue weighted by atomic mass is 16.5. The fourth-order valence-corrected chi connectivity index (χ4v) is 2.30. The summed E-state index contributed by atoms with van der Waals surface area (Å²) in [5.74, 6) is 0. The summed E-state index contributed by atoms with van der Waals surface area (Å²) in [6.45, 7) is 5.12. The number of ether oxygens (including phenoxy) is 1. The Labute approximate surface area is 68.1 Å². The first-order chi connectivity index (χ1) is 5.22. The fourth-order valence-electron chi connectivity index (χ4n) is 2.30. The SMILES string of the molecule is CC1(C2(CCN)CC2)COC1. The molecular weight excluding hydrogens is 138 g/mol. The first-order valence-corrected chi connectivity index (χ1v) is 4.50. The summed E-state index contributed by atoms with van der Waals surface area (Å²) < 4.78 is 5.27. The van der Waals surface area contributed by atoms with Crippen LogP contribution in [0.15, 0.2) is 0 Å². The smallest absolute Gasteiger partial charge is 0.0547 e. The number of hydrogen-bond donors (Lipinski definition) is 1. The Balaban J connectivity index is 2.01. The van der Waals surface area contributed by atoms with Crippen LogP contribution in [0.25, 0.3) is 0 Å². The van der Waals surface area contributed by atoms with Gasteiger partial charge in [0.15, 0.2) is 0 Å². The van der Waals surface area contributed by atoms with Gasteiger partial charge in [0.2, 0.25) is 0 Å². The lowest BCUT2D eigenvalue weighted by Gasteiger charge is -2.45. The van der Waals surface area contributed by atoms with E-state index in [1.165, 1.54) is 19.3 Å². The zero-order valence-electron chi connectivity index (χ0n) is 7.23. The van der Waals surface area contributed by atoms with Crippen LogP contribution in [0.5, 0.6) is 0 Å². The van der Waals surface area contributed by atoms with Gasteiger partial charge in [-0.25, -0.2) is 0 Å². The minimum absolute atomic E-state index is 0.479. The van der Waals surface area contributed by atoms with Crippen molar-refractivity contribution in [3.63, 3.8) is 0 Å². The van der Waals surface area contributed by atoms with E-state index in [0.29, 0.717) is 10.8 Å². The molecule has 2 nitrogen and oxygen atoms in total. The maximum absolute atomic E-state index is 5.59. The van der Waals surface area contributed by atoms with Crippen LogP contribution < -0.4 is 5.73 Å². The van der Waals surface area contributed by atoms with Crippen LogP contribution in [-0.4, -0.2) is 19.8 Å². The van der Waals surface area contributed by atoms with Crippen LogP contribution >= 0.6 is 0 Å². The summed E-state index contributed by atoms with van der Waals surface area (Å²) in [7, 11) is 0. The van der Waals surface area contributed by atoms with Gasteiger partial charge in [-0.15, -0.1) is 0 Å². The van der Waals surface area contributed by atoms with Gasteiger partial charge in [0.1, 0.15) is 0 Å². The van der Waals surface area contributed by atoms with Crippen molar-refractivity contribution in [3.05, 3.63) is 0 Å². The summed E-state index contributed by atoms with van der Waals surface area (Å²) in [6.07, 6.45) is 3.96. The fraction of sp³-hybridized carbons (Fsp3) is 1.00. The summed E-state index contributed by atoms with van der Waals surface area (Å²) in [5.41, 5.74) is 6.65. The Bertz CT molecular complexity index is 159. The molecule has 2 rings (SSSR count). The number of rotatable bonds is 3. The second-order valence-electron chi connectivity index (χ2n) is 4.37. The van der Waals surface area contributed by atoms with Gasteiger partial charge in [-0.05, 0) is 31.2 Å². The van der Waals surface area contributed by atoms with Gasteiger partial charge in [0.05, 0.1) is 13.2 Å². The molecule has 2 N–H and O–H groups in total. The number of nitrogens with two attached hydrogens (primary N) is 1. The zero-order valence-corrected chi connectivity index (χ0v) is 7.23. The van der Waals surface area contributed by atoms with Gasteiger partial charge in [-0.3, -0.25) is 0 Å². The molecule has 1 saturated heterocycles. The molecule has 1 saturated carbocycles. The number of hydrogen-bond acceptors (Lipinski definition) is 2.